The highest BCUT2D eigenvalue weighted by molar-refractivity contribution is 7.85. The van der Waals surface area contributed by atoms with Crippen molar-refractivity contribution in [3.05, 3.63) is 63.4 Å². The Labute approximate surface area is 145 Å². The summed E-state index contributed by atoms with van der Waals surface area (Å²) in [6.07, 6.45) is 1.72. The topological polar surface area (TPSA) is 59.3 Å². The van der Waals surface area contributed by atoms with Gasteiger partial charge in [-0.15, -0.1) is 0 Å². The van der Waals surface area contributed by atoms with Crippen LogP contribution in [0.4, 0.5) is 0 Å². The largest absolute Gasteiger partial charge is 0.506 e. The first-order valence-corrected chi connectivity index (χ1v) is 9.15. The fourth-order valence-corrected chi connectivity index (χ4v) is 4.53. The van der Waals surface area contributed by atoms with Crippen LogP contribution in [0.3, 0.4) is 0 Å². The van der Waals surface area contributed by atoms with Crippen LogP contribution in [-0.2, 0) is 23.8 Å². The number of hydrogen-bond donors (Lipinski definition) is 1. The molecule has 1 aliphatic rings. The molecule has 0 bridgehead atoms. The molecule has 2 aromatic carbocycles. The summed E-state index contributed by atoms with van der Waals surface area (Å²) in [5, 5.41) is 11.7. The molecule has 1 aliphatic heterocycles. The molecule has 4 rings (SSSR count). The third kappa shape index (κ3) is 2.27. The van der Waals surface area contributed by atoms with E-state index in [-0.39, 0.29) is 16.2 Å². The second-order valence-corrected chi connectivity index (χ2v) is 7.63. The fraction of sp³-hybridized carbons (Fsp3) is 0.167. The molecule has 0 fully saturated rings. The van der Waals surface area contributed by atoms with Gasteiger partial charge in [-0.3, -0.25) is 4.79 Å². The predicted octanol–water partition coefficient (Wildman–Crippen LogP) is 3.47. The first kappa shape index (κ1) is 15.4. The third-order valence-electron chi connectivity index (χ3n) is 4.34. The Hall–Kier alpha value is -2.11. The van der Waals surface area contributed by atoms with E-state index < -0.39 is 10.8 Å². The average molecular weight is 360 g/mol. The van der Waals surface area contributed by atoms with Crippen molar-refractivity contribution in [3.8, 4) is 5.75 Å². The van der Waals surface area contributed by atoms with Gasteiger partial charge in [0, 0.05) is 21.8 Å². The van der Waals surface area contributed by atoms with E-state index in [0.717, 1.165) is 23.9 Å². The number of aromatic hydroxyl groups is 1. The van der Waals surface area contributed by atoms with Crippen LogP contribution in [0.15, 0.2) is 57.1 Å². The lowest BCUT2D eigenvalue weighted by molar-refractivity contribution is 0.460. The van der Waals surface area contributed by atoms with E-state index in [4.69, 9.17) is 11.6 Å². The van der Waals surface area contributed by atoms with Gasteiger partial charge in [0.05, 0.1) is 16.3 Å². The van der Waals surface area contributed by atoms with E-state index in [9.17, 15) is 14.1 Å². The number of nitrogens with zero attached hydrogens (tertiary/aromatic N) is 1. The maximum atomic E-state index is 12.9. The van der Waals surface area contributed by atoms with Gasteiger partial charge in [0.25, 0.3) is 5.56 Å². The van der Waals surface area contributed by atoms with Crippen LogP contribution in [0.5, 0.6) is 5.75 Å². The van der Waals surface area contributed by atoms with Crippen LogP contribution < -0.4 is 5.56 Å². The average Bonchev–Trinajstić information content (AvgIpc) is 2.60. The van der Waals surface area contributed by atoms with Crippen molar-refractivity contribution in [2.75, 3.05) is 0 Å². The molecule has 122 valence electrons. The van der Waals surface area contributed by atoms with Crippen LogP contribution in [0, 0.1) is 0 Å². The van der Waals surface area contributed by atoms with Gasteiger partial charge in [0.15, 0.2) is 4.90 Å². The summed E-state index contributed by atoms with van der Waals surface area (Å²) in [6, 6.07) is 12.0. The van der Waals surface area contributed by atoms with Crippen molar-refractivity contribution in [3.63, 3.8) is 0 Å². The molecule has 4 nitrogen and oxygen atoms in total. The summed E-state index contributed by atoms with van der Waals surface area (Å²) in [5.41, 5.74) is 1.40. The Bertz CT molecular complexity index is 1040. The summed E-state index contributed by atoms with van der Waals surface area (Å²) < 4.78 is 14.5. The van der Waals surface area contributed by atoms with Gasteiger partial charge < -0.3 is 9.67 Å². The highest BCUT2D eigenvalue weighted by Gasteiger charge is 2.25. The lowest BCUT2D eigenvalue weighted by atomic mass is 10.0. The molecule has 1 aromatic heterocycles. The normalized spacial score (nSPS) is 14.7. The monoisotopic (exact) mass is 359 g/mol. The summed E-state index contributed by atoms with van der Waals surface area (Å²) >= 11 is 5.86. The highest BCUT2D eigenvalue weighted by atomic mass is 35.5. The van der Waals surface area contributed by atoms with Crippen molar-refractivity contribution in [2.45, 2.75) is 29.2 Å². The lowest BCUT2D eigenvalue weighted by Crippen LogP contribution is -2.28. The molecule has 0 saturated heterocycles. The minimum Gasteiger partial charge on any atom is -0.506 e. The SMILES string of the molecule is O=c1c(S(=O)c2ccc(Cl)cc2)c(O)c2cccc3c2n1CCC3. The number of para-hydroxylation sites is 1. The van der Waals surface area contributed by atoms with Crippen molar-refractivity contribution in [2.24, 2.45) is 0 Å². The molecule has 0 spiro atoms. The van der Waals surface area contributed by atoms with Crippen molar-refractivity contribution in [1.82, 2.24) is 4.57 Å². The molecule has 1 atom stereocenters. The van der Waals surface area contributed by atoms with Crippen LogP contribution >= 0.6 is 11.6 Å². The lowest BCUT2D eigenvalue weighted by Gasteiger charge is -2.21. The van der Waals surface area contributed by atoms with E-state index in [0.29, 0.717) is 21.8 Å². The van der Waals surface area contributed by atoms with E-state index in [1.165, 1.54) is 0 Å². The van der Waals surface area contributed by atoms with Crippen LogP contribution in [0.2, 0.25) is 5.02 Å². The summed E-state index contributed by atoms with van der Waals surface area (Å²) in [4.78, 5) is 13.3. The Morgan fingerprint density at radius 3 is 2.62 bits per heavy atom. The number of benzene rings is 2. The van der Waals surface area contributed by atoms with Gasteiger partial charge in [-0.25, -0.2) is 4.21 Å². The standard InChI is InChI=1S/C18H14ClNO3S/c19-12-6-8-13(9-7-12)24(23)17-16(21)14-5-1-3-11-4-2-10-20(15(11)14)18(17)22/h1,3,5-9,21H,2,4,10H2. The Morgan fingerprint density at radius 1 is 1.12 bits per heavy atom. The third-order valence-corrected chi connectivity index (χ3v) is 6.03. The van der Waals surface area contributed by atoms with E-state index in [1.54, 1.807) is 34.9 Å². The van der Waals surface area contributed by atoms with Crippen LogP contribution in [0.1, 0.15) is 12.0 Å². The Kier molecular flexibility index (Phi) is 3.70. The maximum Gasteiger partial charge on any atom is 0.271 e. The number of pyridine rings is 1. The highest BCUT2D eigenvalue weighted by Crippen LogP contribution is 2.34. The van der Waals surface area contributed by atoms with E-state index in [1.807, 2.05) is 12.1 Å². The summed E-state index contributed by atoms with van der Waals surface area (Å²) in [6.45, 7) is 0.567. The second-order valence-electron chi connectivity index (χ2n) is 5.77. The van der Waals surface area contributed by atoms with Crippen molar-refractivity contribution >= 4 is 33.3 Å². The first-order chi connectivity index (χ1) is 11.6. The predicted molar refractivity (Wildman–Crippen MR) is 94.3 cm³/mol. The molecule has 24 heavy (non-hydrogen) atoms. The van der Waals surface area contributed by atoms with E-state index >= 15 is 0 Å². The van der Waals surface area contributed by atoms with Gasteiger partial charge >= 0.3 is 0 Å². The molecule has 2 heterocycles. The second kappa shape index (κ2) is 5.76. The molecular formula is C18H14ClNO3S. The Balaban J connectivity index is 2.02. The van der Waals surface area contributed by atoms with Gasteiger partial charge in [-0.1, -0.05) is 23.7 Å². The van der Waals surface area contributed by atoms with Gasteiger partial charge in [0.1, 0.15) is 5.75 Å². The zero-order valence-corrected chi connectivity index (χ0v) is 14.2. The first-order valence-electron chi connectivity index (χ1n) is 7.62. The molecule has 0 saturated carbocycles. The quantitative estimate of drug-likeness (QED) is 0.762. The molecule has 1 unspecified atom stereocenters. The smallest absolute Gasteiger partial charge is 0.271 e. The van der Waals surface area contributed by atoms with Crippen LogP contribution in [-0.4, -0.2) is 13.9 Å². The van der Waals surface area contributed by atoms with E-state index in [2.05, 4.69) is 0 Å². The molecule has 0 aliphatic carbocycles. The molecule has 3 aromatic rings. The molecular weight excluding hydrogens is 346 g/mol. The minimum absolute atomic E-state index is 0.0659. The molecule has 0 radical (unpaired) electrons. The number of halogens is 1. The summed E-state index contributed by atoms with van der Waals surface area (Å²) in [5.74, 6) is -0.191. The van der Waals surface area contributed by atoms with Gasteiger partial charge in [-0.05, 0) is 48.7 Å². The van der Waals surface area contributed by atoms with Crippen molar-refractivity contribution < 1.29 is 9.32 Å². The number of aryl methyl sites for hydroxylation is 2. The Morgan fingerprint density at radius 2 is 1.88 bits per heavy atom. The van der Waals surface area contributed by atoms with Gasteiger partial charge in [-0.2, -0.15) is 0 Å². The number of aromatic nitrogens is 1. The minimum atomic E-state index is -1.77. The maximum absolute atomic E-state index is 12.9. The zero-order chi connectivity index (χ0) is 16.8. The molecule has 1 N–H and O–H groups in total. The van der Waals surface area contributed by atoms with Gasteiger partial charge in [0.2, 0.25) is 0 Å². The van der Waals surface area contributed by atoms with Crippen LogP contribution in [0.25, 0.3) is 10.9 Å². The molecule has 6 heteroatoms. The fourth-order valence-electron chi connectivity index (χ4n) is 3.23. The number of rotatable bonds is 2. The van der Waals surface area contributed by atoms with Crippen molar-refractivity contribution in [1.29, 1.82) is 0 Å². The zero-order valence-electron chi connectivity index (χ0n) is 12.7. The summed E-state index contributed by atoms with van der Waals surface area (Å²) in [7, 11) is -1.77. The molecule has 0 amide bonds. The number of hydrogen-bond acceptors (Lipinski definition) is 3.